The largest absolute Gasteiger partial charge is 0.507 e. The van der Waals surface area contributed by atoms with Gasteiger partial charge < -0.3 is 39.4 Å². The number of rotatable bonds is 3. The molecule has 2 heterocycles. The number of fused-ring (bicyclic) bond motifs is 1. The third-order valence-electron chi connectivity index (χ3n) is 5.51. The fourth-order valence-corrected chi connectivity index (χ4v) is 3.85. The molecular weight excluding hydrogens is 408 g/mol. The molecular formula is C22H22O9. The molecule has 1 unspecified atom stereocenters. The fraction of sp³-hybridized carbons (Fsp3) is 0.318. The van der Waals surface area contributed by atoms with Crippen LogP contribution in [0.5, 0.6) is 23.0 Å². The molecule has 31 heavy (non-hydrogen) atoms. The molecule has 0 amide bonds. The lowest BCUT2D eigenvalue weighted by Crippen LogP contribution is -2.43. The van der Waals surface area contributed by atoms with Crippen LogP contribution in [0.3, 0.4) is 0 Å². The molecule has 0 aliphatic carbocycles. The lowest BCUT2D eigenvalue weighted by Gasteiger charge is -2.36. The molecule has 3 aromatic rings. The van der Waals surface area contributed by atoms with E-state index in [9.17, 15) is 30.3 Å². The number of ether oxygens (including phenoxy) is 2. The summed E-state index contributed by atoms with van der Waals surface area (Å²) in [6, 6.07) is 6.77. The molecule has 0 bridgehead atoms. The highest BCUT2D eigenvalue weighted by molar-refractivity contribution is 5.88. The Bertz CT molecular complexity index is 1190. The quantitative estimate of drug-likeness (QED) is 0.421. The highest BCUT2D eigenvalue weighted by Crippen LogP contribution is 2.44. The van der Waals surface area contributed by atoms with Crippen molar-refractivity contribution in [2.45, 2.75) is 37.8 Å². The molecule has 1 saturated heterocycles. The molecule has 164 valence electrons. The number of aliphatic hydroxyl groups excluding tert-OH is 2. The van der Waals surface area contributed by atoms with Crippen molar-refractivity contribution < 1.29 is 39.4 Å². The van der Waals surface area contributed by atoms with E-state index in [1.54, 1.807) is 6.92 Å². The molecule has 1 aliphatic rings. The van der Waals surface area contributed by atoms with Gasteiger partial charge in [-0.05, 0) is 25.1 Å². The standard InChI is InChI=1S/C22H22O9/c1-9-21(27)14(26)8-17(30-9)19-13(25)7-18-20(22(19)28)12(24)6-15(31-18)10-3-4-11(23)16(5-10)29-2/h3-7,9,14,17,21,23,25-28H,8H2,1-2H3/t9-,14?,17+,21-/m1/s1. The molecule has 4 atom stereocenters. The molecule has 1 aliphatic heterocycles. The van der Waals surface area contributed by atoms with Gasteiger partial charge in [-0.3, -0.25) is 4.79 Å². The van der Waals surface area contributed by atoms with Crippen molar-refractivity contribution in [3.05, 3.63) is 46.1 Å². The van der Waals surface area contributed by atoms with Gasteiger partial charge >= 0.3 is 0 Å². The number of aromatic hydroxyl groups is 3. The average Bonchev–Trinajstić information content (AvgIpc) is 2.71. The second-order valence-corrected chi connectivity index (χ2v) is 7.52. The van der Waals surface area contributed by atoms with E-state index in [0.29, 0.717) is 5.56 Å². The van der Waals surface area contributed by atoms with E-state index in [-0.39, 0.29) is 46.0 Å². The van der Waals surface area contributed by atoms with Crippen molar-refractivity contribution in [2.75, 3.05) is 7.11 Å². The molecule has 1 fully saturated rings. The minimum Gasteiger partial charge on any atom is -0.507 e. The highest BCUT2D eigenvalue weighted by Gasteiger charge is 2.37. The third kappa shape index (κ3) is 3.56. The van der Waals surface area contributed by atoms with Crippen molar-refractivity contribution in [1.29, 1.82) is 0 Å². The van der Waals surface area contributed by atoms with Gasteiger partial charge in [-0.2, -0.15) is 0 Å². The Kier molecular flexibility index (Phi) is 5.26. The smallest absolute Gasteiger partial charge is 0.197 e. The minimum absolute atomic E-state index is 0.0577. The van der Waals surface area contributed by atoms with E-state index < -0.39 is 35.6 Å². The number of phenols is 3. The van der Waals surface area contributed by atoms with Gasteiger partial charge in [-0.15, -0.1) is 0 Å². The first kappa shape index (κ1) is 21.0. The van der Waals surface area contributed by atoms with Gasteiger partial charge in [0.05, 0.1) is 31.0 Å². The van der Waals surface area contributed by atoms with Gasteiger partial charge in [0.2, 0.25) is 0 Å². The van der Waals surface area contributed by atoms with Crippen molar-refractivity contribution in [3.8, 4) is 34.3 Å². The molecule has 4 rings (SSSR count). The Morgan fingerprint density at radius 2 is 1.81 bits per heavy atom. The average molecular weight is 430 g/mol. The van der Waals surface area contributed by atoms with Gasteiger partial charge in [0, 0.05) is 24.1 Å². The van der Waals surface area contributed by atoms with Gasteiger partial charge in [-0.1, -0.05) is 0 Å². The van der Waals surface area contributed by atoms with Crippen LogP contribution in [0.1, 0.15) is 25.0 Å². The lowest BCUT2D eigenvalue weighted by molar-refractivity contribution is -0.164. The molecule has 0 radical (unpaired) electrons. The van der Waals surface area contributed by atoms with Crippen LogP contribution in [-0.4, -0.2) is 51.0 Å². The van der Waals surface area contributed by atoms with E-state index in [2.05, 4.69) is 0 Å². The number of hydrogen-bond acceptors (Lipinski definition) is 9. The number of hydrogen-bond donors (Lipinski definition) is 5. The van der Waals surface area contributed by atoms with Crippen molar-refractivity contribution >= 4 is 11.0 Å². The first-order valence-corrected chi connectivity index (χ1v) is 9.63. The Labute approximate surface area is 176 Å². The number of aliphatic hydroxyl groups is 2. The molecule has 9 heteroatoms. The molecule has 5 N–H and O–H groups in total. The number of methoxy groups -OCH3 is 1. The van der Waals surface area contributed by atoms with Crippen molar-refractivity contribution in [3.63, 3.8) is 0 Å². The lowest BCUT2D eigenvalue weighted by atomic mass is 9.92. The summed E-state index contributed by atoms with van der Waals surface area (Å²) in [7, 11) is 1.39. The van der Waals surface area contributed by atoms with Gasteiger partial charge in [-0.25, -0.2) is 0 Å². The monoisotopic (exact) mass is 430 g/mol. The van der Waals surface area contributed by atoms with Crippen LogP contribution in [0.4, 0.5) is 0 Å². The molecule has 2 aromatic carbocycles. The molecule has 0 saturated carbocycles. The number of benzene rings is 2. The SMILES string of the molecule is COc1cc(-c2cc(=O)c3c(O)c([C@@H]4CC(O)[C@H](O)[C@@H](C)O4)c(O)cc3o2)ccc1O. The summed E-state index contributed by atoms with van der Waals surface area (Å²) < 4.78 is 16.4. The zero-order valence-electron chi connectivity index (χ0n) is 16.8. The maximum Gasteiger partial charge on any atom is 0.197 e. The summed E-state index contributed by atoms with van der Waals surface area (Å²) in [5.41, 5.74) is -0.237. The number of phenolic OH excluding ortho intramolecular Hbond substituents is 3. The Hall–Kier alpha value is -3.27. The van der Waals surface area contributed by atoms with Gasteiger partial charge in [0.15, 0.2) is 16.9 Å². The van der Waals surface area contributed by atoms with E-state index >= 15 is 0 Å². The summed E-state index contributed by atoms with van der Waals surface area (Å²) in [6.45, 7) is 1.56. The highest BCUT2D eigenvalue weighted by atomic mass is 16.5. The summed E-state index contributed by atoms with van der Waals surface area (Å²) in [5.74, 6) is -0.647. The zero-order chi connectivity index (χ0) is 22.4. The summed E-state index contributed by atoms with van der Waals surface area (Å²) in [4.78, 5) is 12.8. The normalized spacial score (nSPS) is 23.7. The Morgan fingerprint density at radius 1 is 1.06 bits per heavy atom. The van der Waals surface area contributed by atoms with Crippen LogP contribution in [-0.2, 0) is 4.74 Å². The maximum absolute atomic E-state index is 12.8. The second kappa shape index (κ2) is 7.77. The topological polar surface area (TPSA) is 150 Å². The van der Waals surface area contributed by atoms with Crippen LogP contribution >= 0.6 is 0 Å². The zero-order valence-corrected chi connectivity index (χ0v) is 16.8. The van der Waals surface area contributed by atoms with Crippen LogP contribution < -0.4 is 10.2 Å². The van der Waals surface area contributed by atoms with Crippen LogP contribution in [0.15, 0.2) is 39.5 Å². The Morgan fingerprint density at radius 3 is 2.48 bits per heavy atom. The van der Waals surface area contributed by atoms with Crippen molar-refractivity contribution in [1.82, 2.24) is 0 Å². The maximum atomic E-state index is 12.8. The third-order valence-corrected chi connectivity index (χ3v) is 5.51. The second-order valence-electron chi connectivity index (χ2n) is 7.52. The van der Waals surface area contributed by atoms with E-state index in [1.807, 2.05) is 0 Å². The molecule has 9 nitrogen and oxygen atoms in total. The molecule has 1 aromatic heterocycles. The predicted octanol–water partition coefficient (Wildman–Crippen LogP) is 2.16. The molecule has 0 spiro atoms. The van der Waals surface area contributed by atoms with Crippen LogP contribution in [0.25, 0.3) is 22.3 Å². The predicted molar refractivity (Wildman–Crippen MR) is 109 cm³/mol. The Balaban J connectivity index is 1.83. The minimum atomic E-state index is -1.12. The van der Waals surface area contributed by atoms with E-state index in [1.165, 1.54) is 37.4 Å². The summed E-state index contributed by atoms with van der Waals surface area (Å²) in [5, 5.41) is 50.9. The van der Waals surface area contributed by atoms with E-state index in [0.717, 1.165) is 0 Å². The van der Waals surface area contributed by atoms with Crippen LogP contribution in [0.2, 0.25) is 0 Å². The van der Waals surface area contributed by atoms with Gasteiger partial charge in [0.1, 0.15) is 34.3 Å². The first-order chi connectivity index (χ1) is 14.7. The fourth-order valence-electron chi connectivity index (χ4n) is 3.85. The first-order valence-electron chi connectivity index (χ1n) is 9.63. The van der Waals surface area contributed by atoms with E-state index in [4.69, 9.17) is 13.9 Å². The summed E-state index contributed by atoms with van der Waals surface area (Å²) in [6.07, 6.45) is -3.97. The van der Waals surface area contributed by atoms with Gasteiger partial charge in [0.25, 0.3) is 0 Å². The van der Waals surface area contributed by atoms with Crippen LogP contribution in [0, 0.1) is 0 Å². The summed E-state index contributed by atoms with van der Waals surface area (Å²) >= 11 is 0. The van der Waals surface area contributed by atoms with Crippen molar-refractivity contribution in [2.24, 2.45) is 0 Å².